The molecule has 0 aromatic carbocycles. The third-order valence-electron chi connectivity index (χ3n) is 0.806. The van der Waals surface area contributed by atoms with Crippen LogP contribution in [0.5, 0.6) is 0 Å². The summed E-state index contributed by atoms with van der Waals surface area (Å²) in [5, 5.41) is 0. The monoisotopic (exact) mass is 259 g/mol. The van der Waals surface area contributed by atoms with Crippen molar-refractivity contribution in [3.05, 3.63) is 24.3 Å². The van der Waals surface area contributed by atoms with E-state index in [9.17, 15) is 0 Å². The molecule has 0 unspecified atom stereocenters. The topological polar surface area (TPSA) is 0 Å². The fourth-order valence-electron chi connectivity index (χ4n) is 0.482. The van der Waals surface area contributed by atoms with Gasteiger partial charge < -0.3 is 0 Å². The van der Waals surface area contributed by atoms with Crippen LogP contribution >= 0.6 is 0 Å². The normalized spacial score (nSPS) is 16.0. The van der Waals surface area contributed by atoms with E-state index in [0.717, 1.165) is 6.42 Å². The first-order valence-electron chi connectivity index (χ1n) is 2.22. The number of hydrogen-bond acceptors (Lipinski definition) is 0. The van der Waals surface area contributed by atoms with Crippen LogP contribution in [-0.2, 0) is 25.8 Å². The molecular formula is C6H7Hf-. The number of allylic oxidation sites excluding steroid dienone is 4. The van der Waals surface area contributed by atoms with Gasteiger partial charge in [0.2, 0.25) is 0 Å². The molecule has 0 heterocycles. The average molecular weight is 258 g/mol. The van der Waals surface area contributed by atoms with Crippen LogP contribution < -0.4 is 0 Å². The van der Waals surface area contributed by atoms with E-state index in [1.54, 1.807) is 0 Å². The third-order valence-corrected chi connectivity index (χ3v) is 0.806. The molecule has 1 rings (SSSR count). The molecule has 0 fully saturated rings. The van der Waals surface area contributed by atoms with Crippen molar-refractivity contribution in [3.63, 3.8) is 0 Å². The minimum atomic E-state index is 0. The molecule has 1 aliphatic carbocycles. The van der Waals surface area contributed by atoms with Gasteiger partial charge in [0, 0.05) is 25.8 Å². The van der Waals surface area contributed by atoms with Crippen LogP contribution in [0, 0.1) is 6.08 Å². The molecule has 0 saturated carbocycles. The fraction of sp³-hybridized carbons (Fsp3) is 0.333. The Labute approximate surface area is 63.1 Å². The summed E-state index contributed by atoms with van der Waals surface area (Å²) in [6.07, 6.45) is 11.5. The molecule has 0 bridgehead atoms. The smallest absolute Gasteiger partial charge is 0 e. The van der Waals surface area contributed by atoms with Gasteiger partial charge in [-0.1, -0.05) is 6.42 Å². The van der Waals surface area contributed by atoms with Crippen LogP contribution in [-0.4, -0.2) is 0 Å². The average Bonchev–Trinajstić information content (AvgIpc) is 1.72. The van der Waals surface area contributed by atoms with Crippen LogP contribution in [0.2, 0.25) is 0 Å². The summed E-state index contributed by atoms with van der Waals surface area (Å²) in [6.45, 7) is 0. The summed E-state index contributed by atoms with van der Waals surface area (Å²) in [7, 11) is 0. The Morgan fingerprint density at radius 3 is 2.43 bits per heavy atom. The summed E-state index contributed by atoms with van der Waals surface area (Å²) < 4.78 is 0. The van der Waals surface area contributed by atoms with Crippen molar-refractivity contribution < 1.29 is 25.8 Å². The maximum atomic E-state index is 3.07. The second-order valence-corrected chi connectivity index (χ2v) is 1.34. The van der Waals surface area contributed by atoms with Crippen molar-refractivity contribution in [1.82, 2.24) is 0 Å². The summed E-state index contributed by atoms with van der Waals surface area (Å²) in [5.74, 6) is 0. The predicted molar refractivity (Wildman–Crippen MR) is 26.2 cm³/mol. The maximum Gasteiger partial charge on any atom is 0 e. The molecule has 0 N–H and O–H groups in total. The molecule has 0 aliphatic heterocycles. The molecule has 0 atom stereocenters. The second kappa shape index (κ2) is 4.51. The molecule has 0 saturated heterocycles. The molecule has 36 valence electrons. The van der Waals surface area contributed by atoms with Crippen LogP contribution in [0.15, 0.2) is 18.2 Å². The van der Waals surface area contributed by atoms with Crippen molar-refractivity contribution in [2.75, 3.05) is 0 Å². The standard InChI is InChI=1S/C6H7.Hf/c1-2-4-6-5-3-1;/h1-3H,4,6H2;/q-1;. The Balaban J connectivity index is 0.000000360. The van der Waals surface area contributed by atoms with Crippen LogP contribution in [0.4, 0.5) is 0 Å². The first-order chi connectivity index (χ1) is 3.00. The predicted octanol–water partition coefficient (Wildman–Crippen LogP) is 1.69. The first kappa shape index (κ1) is 7.35. The van der Waals surface area contributed by atoms with Crippen molar-refractivity contribution in [1.29, 1.82) is 0 Å². The Hall–Kier alpha value is 0.350. The number of rotatable bonds is 0. The minimum Gasteiger partial charge on any atom is -0.275 e. The third kappa shape index (κ3) is 2.98. The van der Waals surface area contributed by atoms with Gasteiger partial charge in [0.25, 0.3) is 0 Å². The Morgan fingerprint density at radius 1 is 1.43 bits per heavy atom. The Bertz CT molecular complexity index is 70.2. The van der Waals surface area contributed by atoms with Crippen molar-refractivity contribution >= 4 is 0 Å². The van der Waals surface area contributed by atoms with Gasteiger partial charge in [-0.2, -0.15) is 6.08 Å². The van der Waals surface area contributed by atoms with Gasteiger partial charge in [0.15, 0.2) is 0 Å². The van der Waals surface area contributed by atoms with Gasteiger partial charge in [0.05, 0.1) is 0 Å². The quantitative estimate of drug-likeness (QED) is 0.458. The SMILES string of the molecule is [C-]1=CC=CCC1.[Hf]. The largest absolute Gasteiger partial charge is 0.275 e. The van der Waals surface area contributed by atoms with E-state index in [1.807, 2.05) is 12.2 Å². The summed E-state index contributed by atoms with van der Waals surface area (Å²) in [4.78, 5) is 0. The Kier molecular flexibility index (Phi) is 4.73. The molecular weight excluding hydrogens is 251 g/mol. The minimum absolute atomic E-state index is 0. The van der Waals surface area contributed by atoms with Crippen LogP contribution in [0.25, 0.3) is 0 Å². The fourth-order valence-corrected chi connectivity index (χ4v) is 0.482. The van der Waals surface area contributed by atoms with E-state index in [-0.39, 0.29) is 25.8 Å². The van der Waals surface area contributed by atoms with Crippen molar-refractivity contribution in [2.45, 2.75) is 12.8 Å². The maximum absolute atomic E-state index is 3.07. The second-order valence-electron chi connectivity index (χ2n) is 1.34. The molecule has 1 heteroatoms. The molecule has 0 amide bonds. The summed E-state index contributed by atoms with van der Waals surface area (Å²) in [5.41, 5.74) is 0. The van der Waals surface area contributed by atoms with E-state index < -0.39 is 0 Å². The molecule has 0 nitrogen and oxygen atoms in total. The van der Waals surface area contributed by atoms with Crippen molar-refractivity contribution in [3.8, 4) is 0 Å². The zero-order valence-corrected chi connectivity index (χ0v) is 7.74. The van der Waals surface area contributed by atoms with E-state index in [4.69, 9.17) is 0 Å². The van der Waals surface area contributed by atoms with Gasteiger partial charge in [0.1, 0.15) is 0 Å². The van der Waals surface area contributed by atoms with Gasteiger partial charge in [-0.05, 0) is 0 Å². The Morgan fingerprint density at radius 2 is 2.29 bits per heavy atom. The first-order valence-corrected chi connectivity index (χ1v) is 2.22. The summed E-state index contributed by atoms with van der Waals surface area (Å²) in [6, 6.07) is 0. The van der Waals surface area contributed by atoms with Gasteiger partial charge >= 0.3 is 0 Å². The van der Waals surface area contributed by atoms with E-state index in [1.165, 1.54) is 6.42 Å². The summed E-state index contributed by atoms with van der Waals surface area (Å²) >= 11 is 0. The molecule has 0 spiro atoms. The molecule has 0 aromatic heterocycles. The zero-order chi connectivity index (χ0) is 4.24. The molecule has 1 aliphatic rings. The van der Waals surface area contributed by atoms with E-state index in [0.29, 0.717) is 0 Å². The van der Waals surface area contributed by atoms with Gasteiger partial charge in [-0.3, -0.25) is 6.08 Å². The molecule has 7 heavy (non-hydrogen) atoms. The van der Waals surface area contributed by atoms with E-state index >= 15 is 0 Å². The molecule has 0 aromatic rings. The van der Waals surface area contributed by atoms with E-state index in [2.05, 4.69) is 12.2 Å². The van der Waals surface area contributed by atoms with Crippen LogP contribution in [0.1, 0.15) is 12.8 Å². The number of hydrogen-bond donors (Lipinski definition) is 0. The molecule has 0 radical (unpaired) electrons. The zero-order valence-electron chi connectivity index (χ0n) is 4.15. The van der Waals surface area contributed by atoms with Gasteiger partial charge in [-0.25, -0.2) is 12.2 Å². The van der Waals surface area contributed by atoms with Crippen LogP contribution in [0.3, 0.4) is 0 Å². The van der Waals surface area contributed by atoms with Crippen molar-refractivity contribution in [2.24, 2.45) is 0 Å². The van der Waals surface area contributed by atoms with Gasteiger partial charge in [-0.15, -0.1) is 6.42 Å².